The molecular weight excluding hydrogens is 393 g/mol. The summed E-state index contributed by atoms with van der Waals surface area (Å²) in [6, 6.07) is 5.91. The molecule has 0 spiro atoms. The summed E-state index contributed by atoms with van der Waals surface area (Å²) in [6.45, 7) is 1.28. The molecule has 1 aromatic rings. The van der Waals surface area contributed by atoms with Gasteiger partial charge >= 0.3 is 18.9 Å². The number of aryl methyl sites for hydroxylation is 1. The Hall–Kier alpha value is -0.373. The molecule has 1 amide bonds. The van der Waals surface area contributed by atoms with Crippen LogP contribution in [0.3, 0.4) is 0 Å². The van der Waals surface area contributed by atoms with Gasteiger partial charge in [-0.2, -0.15) is 8.42 Å². The van der Waals surface area contributed by atoms with Crippen molar-refractivity contribution in [2.75, 3.05) is 12.3 Å². The van der Waals surface area contributed by atoms with Crippen LogP contribution < -0.4 is 18.9 Å². The third-order valence-corrected chi connectivity index (χ3v) is 6.68. The number of hydrogen-bond donors (Lipinski definition) is 1. The largest absolute Gasteiger partial charge is 1.00 e. The molecule has 0 bridgehead atoms. The SMILES string of the molecule is Cc1ccc(S(=O)(=O)C(Br)C(=O)[N-]CCS(=O)(=O)O)cc1.[Li+]. The van der Waals surface area contributed by atoms with E-state index in [4.69, 9.17) is 4.55 Å². The van der Waals surface area contributed by atoms with E-state index in [1.165, 1.54) is 12.1 Å². The Bertz CT molecular complexity index is 717. The Morgan fingerprint density at radius 2 is 1.73 bits per heavy atom. The zero-order valence-electron chi connectivity index (χ0n) is 11.9. The topological polar surface area (TPSA) is 120 Å². The van der Waals surface area contributed by atoms with Gasteiger partial charge in [0.15, 0.2) is 14.0 Å². The maximum absolute atomic E-state index is 12.1. The number of hydrogen-bond acceptors (Lipinski definition) is 5. The van der Waals surface area contributed by atoms with Gasteiger partial charge < -0.3 is 10.1 Å². The van der Waals surface area contributed by atoms with Crippen molar-refractivity contribution in [3.05, 3.63) is 35.1 Å². The van der Waals surface area contributed by atoms with Gasteiger partial charge in [-0.3, -0.25) is 4.55 Å². The number of carbonyl (C=O) groups excluding carboxylic acids is 1. The zero-order valence-corrected chi connectivity index (χ0v) is 15.2. The van der Waals surface area contributed by atoms with E-state index in [1.54, 1.807) is 19.1 Å². The average Bonchev–Trinajstić information content (AvgIpc) is 2.36. The number of rotatable bonds is 6. The fraction of sp³-hybridized carbons (Fsp3) is 0.364. The van der Waals surface area contributed by atoms with Crippen LogP contribution >= 0.6 is 15.9 Å². The van der Waals surface area contributed by atoms with Crippen LogP contribution in [0.15, 0.2) is 29.2 Å². The Balaban J connectivity index is 0.00000441. The van der Waals surface area contributed by atoms with E-state index >= 15 is 0 Å². The summed E-state index contributed by atoms with van der Waals surface area (Å²) in [5.74, 6) is -1.78. The fourth-order valence-electron chi connectivity index (χ4n) is 1.32. The van der Waals surface area contributed by atoms with Crippen molar-refractivity contribution in [2.24, 2.45) is 0 Å². The van der Waals surface area contributed by atoms with Gasteiger partial charge in [-0.05, 0) is 19.1 Å². The van der Waals surface area contributed by atoms with Crippen LogP contribution in [-0.4, -0.2) is 43.8 Å². The molecule has 0 heterocycles. The Morgan fingerprint density at radius 1 is 1.23 bits per heavy atom. The quantitative estimate of drug-likeness (QED) is 0.341. The van der Waals surface area contributed by atoms with Crippen LogP contribution in [0, 0.1) is 6.92 Å². The minimum absolute atomic E-state index is 0. The first-order valence-corrected chi connectivity index (χ1v) is 9.72. The molecular formula is C11H13BrLiNO6S2. The molecule has 1 atom stereocenters. The third-order valence-electron chi connectivity index (χ3n) is 2.43. The molecule has 0 saturated carbocycles. The molecule has 0 aliphatic heterocycles. The van der Waals surface area contributed by atoms with E-state index in [0.717, 1.165) is 5.56 Å². The van der Waals surface area contributed by atoms with Gasteiger partial charge in [-0.1, -0.05) is 33.6 Å². The van der Waals surface area contributed by atoms with Crippen molar-refractivity contribution in [3.8, 4) is 0 Å². The number of carbonyl (C=O) groups is 1. The smallest absolute Gasteiger partial charge is 0.651 e. The van der Waals surface area contributed by atoms with Crippen LogP contribution in [0.2, 0.25) is 0 Å². The van der Waals surface area contributed by atoms with Crippen molar-refractivity contribution < 1.29 is 45.0 Å². The van der Waals surface area contributed by atoms with Gasteiger partial charge in [-0.25, -0.2) is 8.42 Å². The van der Waals surface area contributed by atoms with Crippen LogP contribution in [0.5, 0.6) is 0 Å². The van der Waals surface area contributed by atoms with E-state index in [1.807, 2.05) is 0 Å². The summed E-state index contributed by atoms with van der Waals surface area (Å²) < 4.78 is 52.2. The third kappa shape index (κ3) is 6.40. The summed E-state index contributed by atoms with van der Waals surface area (Å²) in [6.07, 6.45) is 0. The normalized spacial score (nSPS) is 13.0. The maximum atomic E-state index is 12.1. The second kappa shape index (κ2) is 8.47. The van der Waals surface area contributed by atoms with E-state index in [2.05, 4.69) is 21.2 Å². The van der Waals surface area contributed by atoms with Crippen molar-refractivity contribution in [1.29, 1.82) is 0 Å². The number of sulfone groups is 1. The van der Waals surface area contributed by atoms with E-state index in [0.29, 0.717) is 0 Å². The van der Waals surface area contributed by atoms with Gasteiger partial charge in [0.25, 0.3) is 10.1 Å². The maximum Gasteiger partial charge on any atom is 1.00 e. The summed E-state index contributed by atoms with van der Waals surface area (Å²) >= 11 is 2.76. The molecule has 0 aliphatic rings. The van der Waals surface area contributed by atoms with Gasteiger partial charge in [0.1, 0.15) is 0 Å². The molecule has 22 heavy (non-hydrogen) atoms. The summed E-state index contributed by atoms with van der Waals surface area (Å²) in [5.41, 5.74) is 0.865. The number of alkyl halides is 1. The molecule has 118 valence electrons. The fourth-order valence-corrected chi connectivity index (χ4v) is 3.53. The van der Waals surface area contributed by atoms with E-state index < -0.39 is 42.3 Å². The van der Waals surface area contributed by atoms with Gasteiger partial charge in [0, 0.05) is 0 Å². The molecule has 1 N–H and O–H groups in total. The summed E-state index contributed by atoms with van der Waals surface area (Å²) in [5, 5.41) is 3.31. The monoisotopic (exact) mass is 405 g/mol. The Morgan fingerprint density at radius 3 is 2.18 bits per heavy atom. The van der Waals surface area contributed by atoms with Crippen molar-refractivity contribution in [2.45, 2.75) is 16.0 Å². The second-order valence-corrected chi connectivity index (χ2v) is 9.31. The first-order valence-electron chi connectivity index (χ1n) is 5.65. The van der Waals surface area contributed by atoms with Crippen LogP contribution in [0.4, 0.5) is 0 Å². The Kier molecular flexibility index (Phi) is 8.33. The average molecular weight is 406 g/mol. The van der Waals surface area contributed by atoms with Gasteiger partial charge in [0.2, 0.25) is 0 Å². The molecule has 1 aromatic carbocycles. The van der Waals surface area contributed by atoms with Crippen molar-refractivity contribution in [3.63, 3.8) is 0 Å². The van der Waals surface area contributed by atoms with Crippen LogP contribution in [-0.2, 0) is 24.7 Å². The minimum Gasteiger partial charge on any atom is -0.651 e. The molecule has 0 radical (unpaired) electrons. The van der Waals surface area contributed by atoms with Crippen molar-refractivity contribution >= 4 is 41.8 Å². The number of nitrogens with zero attached hydrogens (tertiary/aromatic N) is 1. The molecule has 1 rings (SSSR count). The van der Waals surface area contributed by atoms with Crippen LogP contribution in [0.25, 0.3) is 5.32 Å². The first-order chi connectivity index (χ1) is 9.54. The second-order valence-electron chi connectivity index (χ2n) is 4.18. The molecule has 11 heteroatoms. The first kappa shape index (κ1) is 21.6. The number of halogens is 1. The van der Waals surface area contributed by atoms with E-state index in [9.17, 15) is 21.6 Å². The van der Waals surface area contributed by atoms with Gasteiger partial charge in [0.05, 0.1) is 16.6 Å². The van der Waals surface area contributed by atoms with Gasteiger partial charge in [-0.15, -0.1) is 6.54 Å². The number of benzene rings is 1. The van der Waals surface area contributed by atoms with Crippen LogP contribution in [0.1, 0.15) is 5.56 Å². The van der Waals surface area contributed by atoms with Crippen molar-refractivity contribution in [1.82, 2.24) is 0 Å². The number of amides is 1. The minimum atomic E-state index is -4.25. The Labute approximate surface area is 149 Å². The molecule has 1 unspecified atom stereocenters. The molecule has 0 aliphatic carbocycles. The zero-order chi connectivity index (χ0) is 16.3. The summed E-state index contributed by atoms with van der Waals surface area (Å²) in [7, 11) is -8.21. The summed E-state index contributed by atoms with van der Waals surface area (Å²) in [4.78, 5) is 11.6. The van der Waals surface area contributed by atoms with E-state index in [-0.39, 0.29) is 23.8 Å². The predicted octanol–water partition coefficient (Wildman–Crippen LogP) is -1.72. The molecule has 0 aromatic heterocycles. The predicted molar refractivity (Wildman–Crippen MR) is 80.7 cm³/mol. The molecule has 0 saturated heterocycles. The standard InChI is InChI=1S/C11H14BrNO6S2.Li/c1-8-2-4-9(5-3-8)21(18,19)10(12)11(14)13-6-7-20(15,16)17;/h2-5,10H,6-7H2,1H3,(H2,13,14,15,16,17);/q;+1/p-1. The molecule has 0 fully saturated rings. The molecule has 7 nitrogen and oxygen atoms in total.